The van der Waals surface area contributed by atoms with Crippen LogP contribution in [-0.2, 0) is 25.7 Å². The minimum absolute atomic E-state index is 0.253. The molecule has 3 rings (SSSR count). The molecule has 1 aliphatic heterocycles. The smallest absolute Gasteiger partial charge is 0.303 e. The van der Waals surface area contributed by atoms with Gasteiger partial charge in [0.1, 0.15) is 0 Å². The zero-order valence-corrected chi connectivity index (χ0v) is 13.5. The van der Waals surface area contributed by atoms with Crippen molar-refractivity contribution in [1.29, 1.82) is 0 Å². The fourth-order valence-corrected chi connectivity index (χ4v) is 2.97. The third-order valence-corrected chi connectivity index (χ3v) is 4.53. The van der Waals surface area contributed by atoms with E-state index in [4.69, 9.17) is 0 Å². The molecule has 24 heavy (non-hydrogen) atoms. The van der Waals surface area contributed by atoms with Crippen LogP contribution in [-0.4, -0.2) is 21.4 Å². The van der Waals surface area contributed by atoms with Crippen molar-refractivity contribution in [2.75, 3.05) is 6.54 Å². The maximum atomic E-state index is 12.7. The van der Waals surface area contributed by atoms with E-state index in [0.29, 0.717) is 31.6 Å². The predicted molar refractivity (Wildman–Crippen MR) is 83.6 cm³/mol. The number of alkyl halides is 3. The summed E-state index contributed by atoms with van der Waals surface area (Å²) < 4.78 is 38.2. The molecule has 1 aromatic heterocycles. The SMILES string of the molecule is Cc1cccc(CN2CCc3nc(C(F)(F)F)[nH]c(=O)c3C2)c1C. The number of hydrogen-bond donors (Lipinski definition) is 1. The highest BCUT2D eigenvalue weighted by atomic mass is 19.4. The minimum atomic E-state index is -4.63. The van der Waals surface area contributed by atoms with Crippen LogP contribution in [0.1, 0.15) is 33.8 Å². The summed E-state index contributed by atoms with van der Waals surface area (Å²) in [5.74, 6) is -1.21. The van der Waals surface area contributed by atoms with Crippen LogP contribution in [0.4, 0.5) is 13.2 Å². The van der Waals surface area contributed by atoms with Crippen molar-refractivity contribution in [2.24, 2.45) is 0 Å². The zero-order chi connectivity index (χ0) is 17.5. The van der Waals surface area contributed by atoms with E-state index in [9.17, 15) is 18.0 Å². The average Bonchev–Trinajstić information content (AvgIpc) is 2.51. The van der Waals surface area contributed by atoms with Crippen molar-refractivity contribution in [3.63, 3.8) is 0 Å². The number of aryl methyl sites for hydroxylation is 1. The first-order valence-corrected chi connectivity index (χ1v) is 7.72. The Bertz CT molecular complexity index is 827. The Kier molecular flexibility index (Phi) is 4.21. The Morgan fingerprint density at radius 3 is 2.75 bits per heavy atom. The van der Waals surface area contributed by atoms with Gasteiger partial charge in [0.25, 0.3) is 5.56 Å². The lowest BCUT2D eigenvalue weighted by molar-refractivity contribution is -0.145. The molecule has 0 bridgehead atoms. The normalized spacial score (nSPS) is 15.4. The maximum Gasteiger partial charge on any atom is 0.449 e. The first kappa shape index (κ1) is 16.7. The number of nitrogens with zero attached hydrogens (tertiary/aromatic N) is 2. The highest BCUT2D eigenvalue weighted by Gasteiger charge is 2.35. The van der Waals surface area contributed by atoms with E-state index in [1.54, 1.807) is 0 Å². The molecule has 2 aromatic rings. The van der Waals surface area contributed by atoms with Crippen LogP contribution >= 0.6 is 0 Å². The number of aromatic nitrogens is 2. The molecular formula is C17H18F3N3O. The van der Waals surface area contributed by atoms with E-state index in [1.807, 2.05) is 37.0 Å². The third kappa shape index (κ3) is 3.21. The molecular weight excluding hydrogens is 319 g/mol. The summed E-state index contributed by atoms with van der Waals surface area (Å²) in [5, 5.41) is 0. The molecule has 0 aliphatic carbocycles. The molecule has 4 nitrogen and oxygen atoms in total. The Hall–Kier alpha value is -2.15. The standard InChI is InChI=1S/C17H18F3N3O/c1-10-4-3-5-12(11(10)2)8-23-7-6-14-13(9-23)15(24)22-16(21-14)17(18,19)20/h3-5H,6-9H2,1-2H3,(H,21,22,24). The van der Waals surface area contributed by atoms with Gasteiger partial charge in [0.2, 0.25) is 5.82 Å². The van der Waals surface area contributed by atoms with Gasteiger partial charge >= 0.3 is 6.18 Å². The molecule has 0 spiro atoms. The van der Waals surface area contributed by atoms with Gasteiger partial charge in [0.15, 0.2) is 0 Å². The molecule has 0 fully saturated rings. The van der Waals surface area contributed by atoms with Gasteiger partial charge in [0, 0.05) is 26.1 Å². The highest BCUT2D eigenvalue weighted by Crippen LogP contribution is 2.27. The molecule has 128 valence electrons. The van der Waals surface area contributed by atoms with E-state index in [1.165, 1.54) is 11.1 Å². The Balaban J connectivity index is 1.85. The van der Waals surface area contributed by atoms with Crippen molar-refractivity contribution in [1.82, 2.24) is 14.9 Å². The fourth-order valence-electron chi connectivity index (χ4n) is 2.97. The van der Waals surface area contributed by atoms with Gasteiger partial charge in [-0.25, -0.2) is 4.98 Å². The molecule has 1 aromatic carbocycles. The van der Waals surface area contributed by atoms with E-state index in [2.05, 4.69) is 9.88 Å². The summed E-state index contributed by atoms with van der Waals surface area (Å²) in [6, 6.07) is 6.06. The lowest BCUT2D eigenvalue weighted by atomic mass is 10.0. The van der Waals surface area contributed by atoms with Crippen LogP contribution in [0.3, 0.4) is 0 Å². The predicted octanol–water partition coefficient (Wildman–Crippen LogP) is 2.96. The van der Waals surface area contributed by atoms with Gasteiger partial charge in [0.05, 0.1) is 11.3 Å². The Morgan fingerprint density at radius 2 is 2.04 bits per heavy atom. The molecule has 0 unspecified atom stereocenters. The van der Waals surface area contributed by atoms with Gasteiger partial charge < -0.3 is 4.98 Å². The van der Waals surface area contributed by atoms with Gasteiger partial charge in [-0.1, -0.05) is 18.2 Å². The average molecular weight is 337 g/mol. The molecule has 0 saturated heterocycles. The topological polar surface area (TPSA) is 49.0 Å². The lowest BCUT2D eigenvalue weighted by Crippen LogP contribution is -2.36. The fraction of sp³-hybridized carbons (Fsp3) is 0.412. The Morgan fingerprint density at radius 1 is 1.29 bits per heavy atom. The van der Waals surface area contributed by atoms with Crippen LogP contribution in [0.5, 0.6) is 0 Å². The molecule has 2 heterocycles. The van der Waals surface area contributed by atoms with Crippen LogP contribution in [0, 0.1) is 13.8 Å². The molecule has 0 amide bonds. The van der Waals surface area contributed by atoms with E-state index >= 15 is 0 Å². The largest absolute Gasteiger partial charge is 0.449 e. The van der Waals surface area contributed by atoms with Crippen LogP contribution in [0.25, 0.3) is 0 Å². The van der Waals surface area contributed by atoms with Gasteiger partial charge in [-0.05, 0) is 30.5 Å². The van der Waals surface area contributed by atoms with Crippen molar-refractivity contribution in [3.8, 4) is 0 Å². The maximum absolute atomic E-state index is 12.7. The van der Waals surface area contributed by atoms with E-state index in [-0.39, 0.29) is 5.69 Å². The molecule has 0 saturated carbocycles. The summed E-state index contributed by atoms with van der Waals surface area (Å²) in [5.41, 5.74) is 3.44. The van der Waals surface area contributed by atoms with Crippen molar-refractivity contribution in [2.45, 2.75) is 39.5 Å². The second-order valence-electron chi connectivity index (χ2n) is 6.16. The summed E-state index contributed by atoms with van der Waals surface area (Å²) in [4.78, 5) is 19.6. The quantitative estimate of drug-likeness (QED) is 0.917. The minimum Gasteiger partial charge on any atom is -0.303 e. The molecule has 1 N–H and O–H groups in total. The van der Waals surface area contributed by atoms with E-state index in [0.717, 1.165) is 5.56 Å². The summed E-state index contributed by atoms with van der Waals surface area (Å²) >= 11 is 0. The molecule has 1 aliphatic rings. The number of halogens is 3. The number of nitrogens with one attached hydrogen (secondary N) is 1. The first-order valence-electron chi connectivity index (χ1n) is 7.72. The summed E-state index contributed by atoms with van der Waals surface area (Å²) in [7, 11) is 0. The summed E-state index contributed by atoms with van der Waals surface area (Å²) in [6.07, 6.45) is -4.29. The van der Waals surface area contributed by atoms with Crippen molar-refractivity contribution < 1.29 is 13.2 Å². The third-order valence-electron chi connectivity index (χ3n) is 4.53. The van der Waals surface area contributed by atoms with Crippen molar-refractivity contribution in [3.05, 3.63) is 62.3 Å². The van der Waals surface area contributed by atoms with Gasteiger partial charge in [-0.15, -0.1) is 0 Å². The van der Waals surface area contributed by atoms with Gasteiger partial charge in [-0.2, -0.15) is 13.2 Å². The second kappa shape index (κ2) is 6.05. The molecule has 0 radical (unpaired) electrons. The van der Waals surface area contributed by atoms with Crippen LogP contribution < -0.4 is 5.56 Å². The number of aromatic amines is 1. The number of fused-ring (bicyclic) bond motifs is 1. The summed E-state index contributed by atoms with van der Waals surface area (Å²) in [6.45, 7) is 5.63. The first-order chi connectivity index (χ1) is 11.3. The second-order valence-corrected chi connectivity index (χ2v) is 6.16. The number of hydrogen-bond acceptors (Lipinski definition) is 3. The highest BCUT2D eigenvalue weighted by molar-refractivity contribution is 5.33. The molecule has 0 atom stereocenters. The van der Waals surface area contributed by atoms with Gasteiger partial charge in [-0.3, -0.25) is 9.69 Å². The molecule has 7 heteroatoms. The zero-order valence-electron chi connectivity index (χ0n) is 13.5. The van der Waals surface area contributed by atoms with Crippen LogP contribution in [0.2, 0.25) is 0 Å². The number of H-pyrrole nitrogens is 1. The van der Waals surface area contributed by atoms with Crippen LogP contribution in [0.15, 0.2) is 23.0 Å². The lowest BCUT2D eigenvalue weighted by Gasteiger charge is -2.28. The number of rotatable bonds is 2. The van der Waals surface area contributed by atoms with E-state index < -0.39 is 17.6 Å². The van der Waals surface area contributed by atoms with Crippen molar-refractivity contribution >= 4 is 0 Å². The monoisotopic (exact) mass is 337 g/mol. The number of benzene rings is 1. The Labute approximate surface area is 137 Å².